The van der Waals surface area contributed by atoms with E-state index in [0.29, 0.717) is 35.0 Å². The highest BCUT2D eigenvalue weighted by Gasteiger charge is 2.18. The zero-order valence-electron chi connectivity index (χ0n) is 21.7. The van der Waals surface area contributed by atoms with Gasteiger partial charge in [0.1, 0.15) is 12.9 Å². The van der Waals surface area contributed by atoms with Crippen LogP contribution in [0.4, 0.5) is 0 Å². The molecule has 0 N–H and O–H groups in total. The largest absolute Gasteiger partial charge is 0.496 e. The molecule has 0 bridgehead atoms. The van der Waals surface area contributed by atoms with Crippen LogP contribution in [0.2, 0.25) is 0 Å². The molecule has 2 heterocycles. The summed E-state index contributed by atoms with van der Waals surface area (Å²) in [7, 11) is 4.73. The van der Waals surface area contributed by atoms with E-state index in [9.17, 15) is 4.79 Å². The molecule has 0 unspecified atom stereocenters. The number of methoxy groups -OCH3 is 1. The molecular formula is C27H29ClN4O5. The molecule has 0 atom stereocenters. The van der Waals surface area contributed by atoms with Crippen LogP contribution in [0.3, 0.4) is 0 Å². The Morgan fingerprint density at radius 1 is 1.14 bits per heavy atom. The Kier molecular flexibility index (Phi) is 7.83. The van der Waals surface area contributed by atoms with E-state index in [1.54, 1.807) is 21.1 Å². The third kappa shape index (κ3) is 5.46. The Bertz CT molecular complexity index is 1560. The van der Waals surface area contributed by atoms with Gasteiger partial charge in [-0.05, 0) is 85.7 Å². The van der Waals surface area contributed by atoms with Gasteiger partial charge in [0.05, 0.1) is 18.2 Å². The molecule has 37 heavy (non-hydrogen) atoms. The van der Waals surface area contributed by atoms with E-state index in [-0.39, 0.29) is 5.17 Å². The molecule has 4 rings (SSSR count). The van der Waals surface area contributed by atoms with Crippen molar-refractivity contribution >= 4 is 33.4 Å². The maximum atomic E-state index is 12.2. The molecule has 0 aliphatic carbocycles. The summed E-state index contributed by atoms with van der Waals surface area (Å²) in [5.41, 5.74) is 6.47. The summed E-state index contributed by atoms with van der Waals surface area (Å²) in [6.07, 6.45) is 4.38. The van der Waals surface area contributed by atoms with Gasteiger partial charge in [-0.3, -0.25) is 4.57 Å². The Morgan fingerprint density at radius 3 is 2.54 bits per heavy atom. The van der Waals surface area contributed by atoms with E-state index >= 15 is 0 Å². The van der Waals surface area contributed by atoms with Crippen molar-refractivity contribution in [3.05, 3.63) is 80.4 Å². The normalized spacial score (nSPS) is 12.4. The highest BCUT2D eigenvalue weighted by Crippen LogP contribution is 2.34. The van der Waals surface area contributed by atoms with Crippen LogP contribution in [0.25, 0.3) is 16.7 Å². The molecule has 0 aliphatic rings. The van der Waals surface area contributed by atoms with Gasteiger partial charge in [0.15, 0.2) is 16.6 Å². The van der Waals surface area contributed by atoms with Crippen molar-refractivity contribution in [1.29, 1.82) is 0 Å². The number of hydrogen-bond donors (Lipinski definition) is 0. The van der Waals surface area contributed by atoms with E-state index in [4.69, 9.17) is 30.1 Å². The zero-order chi connectivity index (χ0) is 26.7. The Morgan fingerprint density at radius 2 is 1.86 bits per heavy atom. The second-order valence-electron chi connectivity index (χ2n) is 8.75. The van der Waals surface area contributed by atoms with Crippen LogP contribution in [0.1, 0.15) is 52.4 Å². The lowest BCUT2D eigenvalue weighted by molar-refractivity contribution is 0.214. The third-order valence-corrected chi connectivity index (χ3v) is 6.36. The summed E-state index contributed by atoms with van der Waals surface area (Å²) in [5, 5.41) is 7.94. The van der Waals surface area contributed by atoms with Crippen LogP contribution >= 0.6 is 11.6 Å². The molecule has 0 radical (unpaired) electrons. The van der Waals surface area contributed by atoms with E-state index in [1.807, 2.05) is 38.1 Å². The van der Waals surface area contributed by atoms with Gasteiger partial charge < -0.3 is 18.5 Å². The van der Waals surface area contributed by atoms with Gasteiger partial charge in [-0.1, -0.05) is 28.0 Å². The Hall–Kier alpha value is -3.85. The van der Waals surface area contributed by atoms with Crippen LogP contribution in [0, 0.1) is 20.8 Å². The first-order valence-corrected chi connectivity index (χ1v) is 12.2. The molecule has 194 valence electrons. The first kappa shape index (κ1) is 26.2. The van der Waals surface area contributed by atoms with E-state index in [1.165, 1.54) is 11.7 Å². The fourth-order valence-corrected chi connectivity index (χ4v) is 4.58. The predicted molar refractivity (Wildman–Crippen MR) is 142 cm³/mol. The molecule has 0 saturated heterocycles. The number of aryl methyl sites for hydroxylation is 5. The number of hydrogen-bond acceptors (Lipinski definition) is 8. The smallest absolute Gasteiger partial charge is 0.419 e. The summed E-state index contributed by atoms with van der Waals surface area (Å²) in [6.45, 7) is 5.68. The Balaban J connectivity index is 1.83. The van der Waals surface area contributed by atoms with Gasteiger partial charge in [-0.15, -0.1) is 0 Å². The summed E-state index contributed by atoms with van der Waals surface area (Å²) in [4.78, 5) is 21.4. The first-order chi connectivity index (χ1) is 17.7. The van der Waals surface area contributed by atoms with Gasteiger partial charge in [-0.25, -0.2) is 4.79 Å². The number of ether oxygens (including phenoxy) is 1. The van der Waals surface area contributed by atoms with Crippen molar-refractivity contribution in [3.8, 4) is 5.75 Å². The van der Waals surface area contributed by atoms with Crippen LogP contribution in [0.15, 0.2) is 49.2 Å². The number of nitrogens with zero attached hydrogens (tertiary/aromatic N) is 4. The van der Waals surface area contributed by atoms with Crippen LogP contribution < -0.4 is 10.5 Å². The molecule has 10 heteroatoms. The average Bonchev–Trinajstić information content (AvgIpc) is 3.41. The molecule has 0 aliphatic heterocycles. The molecule has 2 aromatic heterocycles. The number of unbranched alkanes of at least 4 members (excludes halogenated alkanes) is 1. The summed E-state index contributed by atoms with van der Waals surface area (Å²) in [5.74, 6) is 1.45. The van der Waals surface area contributed by atoms with Crippen molar-refractivity contribution < 1.29 is 18.5 Å². The van der Waals surface area contributed by atoms with Crippen LogP contribution in [-0.4, -0.2) is 34.1 Å². The van der Waals surface area contributed by atoms with Gasteiger partial charge >= 0.3 is 5.76 Å². The second kappa shape index (κ2) is 11.0. The van der Waals surface area contributed by atoms with Gasteiger partial charge in [-0.2, -0.15) is 4.98 Å². The maximum absolute atomic E-state index is 12.2. The standard InChI is InChI=1S/C27H29ClN4O5/c1-15-11-18(13-21(24(15)34-5)26(28)31-35-6)20(9-7-8-10-23-29-17(3)30-37-23)19-12-16(2)25-22(14-19)32(4)27(33)36-25/h9,11-14H,7-8,10H2,1-6H3/b20-9+,31-26-. The monoisotopic (exact) mass is 524 g/mol. The minimum atomic E-state index is -0.402. The van der Waals surface area contributed by atoms with Gasteiger partial charge in [0, 0.05) is 13.5 Å². The number of fused-ring (bicyclic) bond motifs is 1. The highest BCUT2D eigenvalue weighted by atomic mass is 35.5. The minimum absolute atomic E-state index is 0.180. The predicted octanol–water partition coefficient (Wildman–Crippen LogP) is 5.45. The molecule has 0 saturated carbocycles. The van der Waals surface area contributed by atoms with Crippen molar-refractivity contribution in [2.45, 2.75) is 40.0 Å². The number of rotatable bonds is 9. The zero-order valence-corrected chi connectivity index (χ0v) is 22.5. The van der Waals surface area contributed by atoms with Crippen molar-refractivity contribution in [1.82, 2.24) is 14.7 Å². The van der Waals surface area contributed by atoms with Crippen molar-refractivity contribution in [3.63, 3.8) is 0 Å². The minimum Gasteiger partial charge on any atom is -0.496 e. The lowest BCUT2D eigenvalue weighted by Crippen LogP contribution is -2.08. The molecular weight excluding hydrogens is 496 g/mol. The molecule has 2 aromatic carbocycles. The Labute approximate surface area is 219 Å². The number of benzene rings is 2. The summed E-state index contributed by atoms with van der Waals surface area (Å²) >= 11 is 6.46. The fourth-order valence-electron chi connectivity index (χ4n) is 4.37. The van der Waals surface area contributed by atoms with Crippen molar-refractivity contribution in [2.24, 2.45) is 12.2 Å². The number of oxime groups is 1. The third-order valence-electron chi connectivity index (χ3n) is 6.09. The van der Waals surface area contributed by atoms with E-state index < -0.39 is 5.76 Å². The van der Waals surface area contributed by atoms with E-state index in [0.717, 1.165) is 46.2 Å². The van der Waals surface area contributed by atoms with E-state index in [2.05, 4.69) is 21.4 Å². The molecule has 4 aromatic rings. The van der Waals surface area contributed by atoms with Gasteiger partial charge in [0.2, 0.25) is 5.89 Å². The average molecular weight is 525 g/mol. The quantitative estimate of drug-likeness (QED) is 0.163. The summed E-state index contributed by atoms with van der Waals surface area (Å²) < 4.78 is 17.8. The lowest BCUT2D eigenvalue weighted by Gasteiger charge is -2.16. The van der Waals surface area contributed by atoms with Crippen molar-refractivity contribution in [2.75, 3.05) is 14.2 Å². The van der Waals surface area contributed by atoms with Crippen LogP contribution in [0.5, 0.6) is 5.75 Å². The number of aromatic nitrogens is 3. The molecule has 9 nitrogen and oxygen atoms in total. The molecule has 0 spiro atoms. The second-order valence-corrected chi connectivity index (χ2v) is 9.11. The van der Waals surface area contributed by atoms with Crippen LogP contribution in [-0.2, 0) is 18.3 Å². The SMILES string of the molecule is CO/N=C(\Cl)c1cc(/C(=C\CCCc2nc(C)no2)c2cc(C)c3oc(=O)n(C)c3c2)cc(C)c1OC. The molecule has 0 fully saturated rings. The highest BCUT2D eigenvalue weighted by molar-refractivity contribution is 6.69. The topological polar surface area (TPSA) is 105 Å². The summed E-state index contributed by atoms with van der Waals surface area (Å²) in [6, 6.07) is 7.95. The number of halogens is 1. The van der Waals surface area contributed by atoms with Gasteiger partial charge in [0.25, 0.3) is 0 Å². The first-order valence-electron chi connectivity index (χ1n) is 11.8. The number of oxazole rings is 1. The maximum Gasteiger partial charge on any atom is 0.419 e. The molecule has 0 amide bonds. The fraction of sp³-hybridized carbons (Fsp3) is 0.333. The number of allylic oxidation sites excluding steroid dienone is 1. The lowest BCUT2D eigenvalue weighted by atomic mass is 9.92.